The Morgan fingerprint density at radius 3 is 2.63 bits per heavy atom. The first kappa shape index (κ1) is 30.5. The van der Waals surface area contributed by atoms with E-state index in [-0.39, 0.29) is 93.2 Å². The number of nitrogens with one attached hydrogen (secondary N) is 3. The normalized spacial score (nSPS) is 18.6. The fourth-order valence-corrected chi connectivity index (χ4v) is 7.20. The van der Waals surface area contributed by atoms with Crippen molar-refractivity contribution in [3.8, 4) is 0 Å². The molecular weight excluding hydrogens is 558 g/mol. The summed E-state index contributed by atoms with van der Waals surface area (Å²) in [7, 11) is 0. The molecule has 2 aromatic heterocycles. The summed E-state index contributed by atoms with van der Waals surface area (Å²) in [4.78, 5) is 51.5. The number of aliphatic carboxylic acids is 2. The first-order valence-corrected chi connectivity index (χ1v) is 13.0. The number of carbonyl (C=O) groups is 4. The van der Waals surface area contributed by atoms with Crippen molar-refractivity contribution < 1.29 is 88.5 Å². The smallest absolute Gasteiger partial charge is 0.550 e. The fourth-order valence-electron chi connectivity index (χ4n) is 3.24. The molecule has 0 saturated carbocycles. The van der Waals surface area contributed by atoms with E-state index in [0.29, 0.717) is 21.4 Å². The van der Waals surface area contributed by atoms with Gasteiger partial charge in [-0.25, -0.2) is 0 Å². The van der Waals surface area contributed by atoms with E-state index in [1.807, 2.05) is 0 Å². The number of β-lactam (4-membered cyclic amide) rings is 1. The topological polar surface area (TPSA) is 195 Å². The predicted molar refractivity (Wildman–Crippen MR) is 115 cm³/mol. The van der Waals surface area contributed by atoms with Crippen molar-refractivity contribution in [3.05, 3.63) is 32.2 Å². The Morgan fingerprint density at radius 1 is 1.26 bits per heavy atom. The standard InChI is InChI=1S/C17H16N6O6S4.2Na/c18-16-19-7(5-31-16)1-8(24)20-11-13(27)23-12(15(28)29)6(3-30-14(11)23)4-32-17-22-21-9(33-17)2-10(25)26;;/h5,11,14H,1-4H2,(H2,18,19)(H,20,24)(H,25,26)(H,28,29);;/q;2*+1/p-2/t11?,14-;;/m0../s1. The van der Waals surface area contributed by atoms with Gasteiger partial charge in [0.2, 0.25) is 5.91 Å². The van der Waals surface area contributed by atoms with Crippen LogP contribution in [0, 0.1) is 5.41 Å². The number of H-pyrrole nitrogens is 1. The number of amides is 2. The molecule has 0 radical (unpaired) electrons. The van der Waals surface area contributed by atoms with E-state index in [1.165, 1.54) is 23.5 Å². The van der Waals surface area contributed by atoms with Gasteiger partial charge in [-0.2, -0.15) is 0 Å². The van der Waals surface area contributed by atoms with Crippen LogP contribution in [0.1, 0.15) is 10.7 Å². The molecule has 0 spiro atoms. The van der Waals surface area contributed by atoms with Gasteiger partial charge < -0.3 is 30.1 Å². The molecule has 174 valence electrons. The second-order valence-electron chi connectivity index (χ2n) is 6.89. The van der Waals surface area contributed by atoms with Crippen LogP contribution in [0.3, 0.4) is 0 Å². The predicted octanol–water partition coefficient (Wildman–Crippen LogP) is -8.55. The van der Waals surface area contributed by atoms with E-state index in [4.69, 9.17) is 5.41 Å². The van der Waals surface area contributed by atoms with Crippen LogP contribution in [0.5, 0.6) is 0 Å². The Morgan fingerprint density at radius 2 is 2.00 bits per heavy atom. The van der Waals surface area contributed by atoms with Crippen molar-refractivity contribution in [2.45, 2.75) is 28.6 Å². The van der Waals surface area contributed by atoms with Crippen molar-refractivity contribution in [1.82, 2.24) is 25.4 Å². The number of thioether (sulfide) groups is 2. The van der Waals surface area contributed by atoms with Gasteiger partial charge in [-0.05, 0) is 5.57 Å². The third-order valence-corrected chi connectivity index (χ3v) is 8.84. The molecule has 2 aliphatic rings. The van der Waals surface area contributed by atoms with Crippen LogP contribution in [0.2, 0.25) is 0 Å². The van der Waals surface area contributed by atoms with E-state index in [9.17, 15) is 29.4 Å². The molecule has 0 aliphatic carbocycles. The molecule has 4 heterocycles. The molecule has 18 heteroatoms. The second kappa shape index (κ2) is 13.2. The van der Waals surface area contributed by atoms with Crippen LogP contribution in [0.25, 0.3) is 0 Å². The number of carboxylic acids is 2. The summed E-state index contributed by atoms with van der Waals surface area (Å²) in [6.45, 7) is 0. The van der Waals surface area contributed by atoms with Crippen molar-refractivity contribution >= 4 is 70.0 Å². The van der Waals surface area contributed by atoms with E-state index < -0.39 is 35.2 Å². The molecule has 4 rings (SSSR count). The minimum atomic E-state index is -1.49. The first-order valence-electron chi connectivity index (χ1n) is 9.26. The molecule has 1 unspecified atom stereocenters. The maximum absolute atomic E-state index is 12.7. The number of hydrogen-bond acceptors (Lipinski definition) is 13. The molecule has 0 bridgehead atoms. The van der Waals surface area contributed by atoms with Crippen molar-refractivity contribution in [3.63, 3.8) is 0 Å². The Bertz CT molecular complexity index is 1230. The summed E-state index contributed by atoms with van der Waals surface area (Å²) in [6.07, 6.45) is -0.379. The van der Waals surface area contributed by atoms with Crippen molar-refractivity contribution in [1.29, 1.82) is 5.41 Å². The summed E-state index contributed by atoms with van der Waals surface area (Å²) in [5, 5.41) is 41.6. The van der Waals surface area contributed by atoms with Gasteiger partial charge in [0.15, 0.2) is 9.14 Å². The molecule has 0 aromatic carbocycles. The van der Waals surface area contributed by atoms with Crippen LogP contribution >= 0.6 is 46.2 Å². The third-order valence-electron chi connectivity index (χ3n) is 4.61. The van der Waals surface area contributed by atoms with E-state index >= 15 is 0 Å². The monoisotopic (exact) mass is 572 g/mol. The van der Waals surface area contributed by atoms with Crippen molar-refractivity contribution in [2.75, 3.05) is 11.5 Å². The first-order chi connectivity index (χ1) is 15.7. The van der Waals surface area contributed by atoms with Gasteiger partial charge >= 0.3 is 59.1 Å². The second-order valence-corrected chi connectivity index (χ2v) is 11.2. The third kappa shape index (κ3) is 7.21. The molecule has 12 nitrogen and oxygen atoms in total. The molecule has 2 aliphatic heterocycles. The van der Waals surface area contributed by atoms with Gasteiger partial charge in [0.25, 0.3) is 5.91 Å². The molecule has 2 aromatic rings. The Labute approximate surface area is 258 Å². The number of thiazole rings is 1. The SMILES string of the molecule is N=c1[nH]c(CC(=O)NC2C(=O)N3C(C(=O)[O-])=C(CSc4nnc(CC(=O)[O-])s4)CS[C@@H]23)cs1.[Na+].[Na+]. The van der Waals surface area contributed by atoms with Gasteiger partial charge in [-0.3, -0.25) is 19.9 Å². The van der Waals surface area contributed by atoms with E-state index in [1.54, 1.807) is 5.38 Å². The van der Waals surface area contributed by atoms with Gasteiger partial charge in [-0.15, -0.1) is 33.3 Å². The number of fused-ring (bicyclic) bond motifs is 1. The molecule has 1 saturated heterocycles. The van der Waals surface area contributed by atoms with E-state index in [0.717, 1.165) is 27.6 Å². The summed E-state index contributed by atoms with van der Waals surface area (Å²) in [5.41, 5.74) is 0.801. The van der Waals surface area contributed by atoms with Crippen LogP contribution in [-0.2, 0) is 32.0 Å². The number of hydrogen-bond donors (Lipinski definition) is 3. The van der Waals surface area contributed by atoms with Gasteiger partial charge in [-0.1, -0.05) is 23.1 Å². The van der Waals surface area contributed by atoms with Gasteiger partial charge in [0, 0.05) is 35.0 Å². The number of aromatic amines is 1. The number of rotatable bonds is 9. The molecule has 3 N–H and O–H groups in total. The maximum atomic E-state index is 12.7. The Kier molecular flexibility index (Phi) is 11.5. The fraction of sp³-hybridized carbons (Fsp3) is 0.353. The number of aromatic nitrogens is 3. The largest absolute Gasteiger partial charge is 1.00 e. The Balaban J connectivity index is 0.00000216. The van der Waals surface area contributed by atoms with Crippen LogP contribution in [0.15, 0.2) is 21.0 Å². The van der Waals surface area contributed by atoms with E-state index in [2.05, 4.69) is 20.5 Å². The zero-order valence-electron chi connectivity index (χ0n) is 18.5. The zero-order chi connectivity index (χ0) is 23.7. The summed E-state index contributed by atoms with van der Waals surface area (Å²) >= 11 is 4.73. The number of nitrogens with zero attached hydrogens (tertiary/aromatic N) is 3. The van der Waals surface area contributed by atoms with Gasteiger partial charge in [0.1, 0.15) is 16.4 Å². The number of carbonyl (C=O) groups excluding carboxylic acids is 4. The average molecular weight is 573 g/mol. The molecule has 35 heavy (non-hydrogen) atoms. The number of carboxylic acid groups (broad SMARTS) is 2. The van der Waals surface area contributed by atoms with Crippen LogP contribution in [0.4, 0.5) is 0 Å². The summed E-state index contributed by atoms with van der Waals surface area (Å²) in [5.74, 6) is -3.20. The quantitative estimate of drug-likeness (QED) is 0.148. The van der Waals surface area contributed by atoms with Crippen LogP contribution < -0.4 is 79.4 Å². The average Bonchev–Trinajstić information content (AvgIpc) is 3.37. The summed E-state index contributed by atoms with van der Waals surface area (Å²) in [6, 6.07) is -0.851. The minimum absolute atomic E-state index is 0. The Hall–Kier alpha value is -0.690. The van der Waals surface area contributed by atoms with Crippen molar-refractivity contribution in [2.24, 2.45) is 0 Å². The maximum Gasteiger partial charge on any atom is 1.00 e. The molecular formula is C17H14N6Na2O6S4. The van der Waals surface area contributed by atoms with Gasteiger partial charge in [0.05, 0.1) is 18.1 Å². The minimum Gasteiger partial charge on any atom is -0.550 e. The molecule has 2 amide bonds. The zero-order valence-corrected chi connectivity index (χ0v) is 25.8. The molecule has 2 atom stereocenters. The summed E-state index contributed by atoms with van der Waals surface area (Å²) < 4.78 is 0.463. The van der Waals surface area contributed by atoms with Crippen LogP contribution in [-0.4, -0.2) is 66.8 Å². The molecule has 1 fully saturated rings.